The number of aryl methyl sites for hydroxylation is 1. The van der Waals surface area contributed by atoms with Crippen LogP contribution < -0.4 is 10.1 Å². The zero-order valence-corrected chi connectivity index (χ0v) is 20.8. The van der Waals surface area contributed by atoms with Gasteiger partial charge >= 0.3 is 0 Å². The second kappa shape index (κ2) is 9.87. The van der Waals surface area contributed by atoms with Gasteiger partial charge in [-0.05, 0) is 92.9 Å². The Hall–Kier alpha value is -3.35. The van der Waals surface area contributed by atoms with Crippen molar-refractivity contribution in [1.29, 1.82) is 0 Å². The Morgan fingerprint density at radius 2 is 1.76 bits per heavy atom. The molecule has 1 saturated heterocycles. The third-order valence-corrected chi connectivity index (χ3v) is 6.91. The summed E-state index contributed by atoms with van der Waals surface area (Å²) in [5.74, 6) is 0.601. The number of thioether (sulfide) groups is 1. The molecule has 0 unspecified atom stereocenters. The van der Waals surface area contributed by atoms with Crippen LogP contribution in [0.1, 0.15) is 16.7 Å². The lowest BCUT2D eigenvalue weighted by atomic mass is 10.1. The molecule has 1 heterocycles. The van der Waals surface area contributed by atoms with Crippen molar-refractivity contribution < 1.29 is 9.53 Å². The number of halogens is 1. The van der Waals surface area contributed by atoms with Crippen molar-refractivity contribution >= 4 is 61.3 Å². The largest absolute Gasteiger partial charge is 0.488 e. The van der Waals surface area contributed by atoms with Crippen LogP contribution >= 0.6 is 27.7 Å². The van der Waals surface area contributed by atoms with Gasteiger partial charge < -0.3 is 10.1 Å². The van der Waals surface area contributed by atoms with Crippen LogP contribution in [0.5, 0.6) is 5.75 Å². The first-order chi connectivity index (χ1) is 16.5. The van der Waals surface area contributed by atoms with E-state index in [0.29, 0.717) is 16.7 Å². The van der Waals surface area contributed by atoms with E-state index in [4.69, 9.17) is 4.74 Å². The number of rotatable bonds is 5. The van der Waals surface area contributed by atoms with E-state index in [1.807, 2.05) is 67.6 Å². The monoisotopic (exact) mass is 528 g/mol. The smallest absolute Gasteiger partial charge is 0.264 e. The van der Waals surface area contributed by atoms with Crippen LogP contribution in [0.3, 0.4) is 0 Å². The molecule has 6 heteroatoms. The molecule has 1 N–H and O–H groups in total. The van der Waals surface area contributed by atoms with Gasteiger partial charge in [0, 0.05) is 0 Å². The van der Waals surface area contributed by atoms with Crippen molar-refractivity contribution in [2.75, 3.05) is 0 Å². The highest BCUT2D eigenvalue weighted by atomic mass is 79.9. The van der Waals surface area contributed by atoms with E-state index >= 15 is 0 Å². The topological polar surface area (TPSA) is 50.7 Å². The molecule has 0 saturated carbocycles. The molecule has 1 fully saturated rings. The van der Waals surface area contributed by atoms with E-state index in [9.17, 15) is 4.79 Å². The highest BCUT2D eigenvalue weighted by molar-refractivity contribution is 9.10. The minimum absolute atomic E-state index is 0.149. The first kappa shape index (κ1) is 22.4. The predicted octanol–water partition coefficient (Wildman–Crippen LogP) is 7.38. The molecule has 4 aromatic carbocycles. The van der Waals surface area contributed by atoms with E-state index in [-0.39, 0.29) is 5.91 Å². The molecule has 34 heavy (non-hydrogen) atoms. The Balaban J connectivity index is 1.27. The van der Waals surface area contributed by atoms with Crippen molar-refractivity contribution in [2.45, 2.75) is 13.5 Å². The van der Waals surface area contributed by atoms with Crippen molar-refractivity contribution in [1.82, 2.24) is 5.32 Å². The lowest BCUT2D eigenvalue weighted by Crippen LogP contribution is -2.19. The summed E-state index contributed by atoms with van der Waals surface area (Å²) in [6.45, 7) is 2.50. The fourth-order valence-electron chi connectivity index (χ4n) is 3.58. The summed E-state index contributed by atoms with van der Waals surface area (Å²) in [4.78, 5) is 17.5. The third-order valence-electron chi connectivity index (χ3n) is 5.38. The number of ether oxygens (including phenoxy) is 1. The Labute approximate surface area is 210 Å². The van der Waals surface area contributed by atoms with Gasteiger partial charge in [-0.2, -0.15) is 0 Å². The average molecular weight is 529 g/mol. The third kappa shape index (κ3) is 5.24. The first-order valence-corrected chi connectivity index (χ1v) is 12.4. The summed E-state index contributed by atoms with van der Waals surface area (Å²) in [6, 6.07) is 28.3. The maximum atomic E-state index is 12.4. The molecule has 4 nitrogen and oxygen atoms in total. The summed E-state index contributed by atoms with van der Waals surface area (Å²) in [5, 5.41) is 5.82. The van der Waals surface area contributed by atoms with Crippen molar-refractivity contribution in [3.63, 3.8) is 0 Å². The Kier molecular flexibility index (Phi) is 6.52. The minimum atomic E-state index is -0.149. The van der Waals surface area contributed by atoms with Gasteiger partial charge in [-0.15, -0.1) is 0 Å². The number of benzene rings is 4. The van der Waals surface area contributed by atoms with E-state index < -0.39 is 0 Å². The number of carbonyl (C=O) groups is 1. The number of amidine groups is 1. The van der Waals surface area contributed by atoms with E-state index in [1.165, 1.54) is 28.1 Å². The van der Waals surface area contributed by atoms with Gasteiger partial charge in [0.1, 0.15) is 12.4 Å². The molecule has 0 atom stereocenters. The molecule has 0 radical (unpaired) electrons. The van der Waals surface area contributed by atoms with Gasteiger partial charge in [0.15, 0.2) is 5.17 Å². The average Bonchev–Trinajstić information content (AvgIpc) is 3.18. The molecular weight excluding hydrogens is 508 g/mol. The van der Waals surface area contributed by atoms with E-state index in [0.717, 1.165) is 27.0 Å². The summed E-state index contributed by atoms with van der Waals surface area (Å²) in [6.07, 6.45) is 1.86. The lowest BCUT2D eigenvalue weighted by molar-refractivity contribution is -0.115. The zero-order chi connectivity index (χ0) is 23.5. The van der Waals surface area contributed by atoms with Crippen LogP contribution in [0.4, 0.5) is 5.69 Å². The molecule has 1 aliphatic rings. The molecule has 1 aliphatic heterocycles. The summed E-state index contributed by atoms with van der Waals surface area (Å²) >= 11 is 4.94. The molecular formula is C28H21BrN2O2S. The molecule has 5 rings (SSSR count). The number of hydrogen-bond donors (Lipinski definition) is 1. The van der Waals surface area contributed by atoms with Crippen molar-refractivity contribution in [3.05, 3.63) is 111 Å². The second-order valence-electron chi connectivity index (χ2n) is 7.98. The van der Waals surface area contributed by atoms with Crippen LogP contribution in [0.25, 0.3) is 16.8 Å². The number of nitrogens with zero attached hydrogens (tertiary/aromatic N) is 1. The summed E-state index contributed by atoms with van der Waals surface area (Å²) in [7, 11) is 0. The van der Waals surface area contributed by atoms with Crippen LogP contribution in [0.15, 0.2) is 99.3 Å². The number of aliphatic imine (C=N–C) groups is 1. The standard InChI is InChI=1S/C28H21BrN2O2S/c1-18-6-11-23(12-7-18)30-28-31-27(32)26(34-28)16-19-9-13-25(24(29)15-19)33-17-20-8-10-21-4-2-3-5-22(21)14-20/h2-16H,17H2,1H3,(H,30,31,32)/b26-16+. The number of fused-ring (bicyclic) bond motifs is 1. The quantitative estimate of drug-likeness (QED) is 0.275. The van der Waals surface area contributed by atoms with Crippen LogP contribution in [-0.4, -0.2) is 11.1 Å². The number of amides is 1. The molecule has 0 bridgehead atoms. The lowest BCUT2D eigenvalue weighted by Gasteiger charge is -2.10. The number of hydrogen-bond acceptors (Lipinski definition) is 4. The van der Waals surface area contributed by atoms with Crippen LogP contribution in [0.2, 0.25) is 0 Å². The van der Waals surface area contributed by atoms with Crippen molar-refractivity contribution in [3.8, 4) is 5.75 Å². The predicted molar refractivity (Wildman–Crippen MR) is 144 cm³/mol. The minimum Gasteiger partial charge on any atom is -0.488 e. The highest BCUT2D eigenvalue weighted by Crippen LogP contribution is 2.31. The Bertz CT molecular complexity index is 1440. The molecule has 168 valence electrons. The molecule has 0 aliphatic carbocycles. The van der Waals surface area contributed by atoms with E-state index in [1.54, 1.807) is 0 Å². The second-order valence-corrected chi connectivity index (χ2v) is 9.86. The van der Waals surface area contributed by atoms with Crippen molar-refractivity contribution in [2.24, 2.45) is 4.99 Å². The van der Waals surface area contributed by atoms with Gasteiger partial charge in [-0.25, -0.2) is 4.99 Å². The highest BCUT2D eigenvalue weighted by Gasteiger charge is 2.23. The van der Waals surface area contributed by atoms with Crippen LogP contribution in [0, 0.1) is 6.92 Å². The fraction of sp³-hybridized carbons (Fsp3) is 0.0714. The fourth-order valence-corrected chi connectivity index (χ4v) is 4.93. The summed E-state index contributed by atoms with van der Waals surface area (Å²) in [5.41, 5.74) is 3.99. The molecule has 0 aromatic heterocycles. The van der Waals surface area contributed by atoms with Crippen LogP contribution in [-0.2, 0) is 11.4 Å². The Morgan fingerprint density at radius 3 is 2.56 bits per heavy atom. The summed E-state index contributed by atoms with van der Waals surface area (Å²) < 4.78 is 6.87. The number of carbonyl (C=O) groups excluding carboxylic acids is 1. The molecule has 0 spiro atoms. The maximum absolute atomic E-state index is 12.4. The maximum Gasteiger partial charge on any atom is 0.264 e. The normalized spacial score (nSPS) is 15.8. The molecule has 1 amide bonds. The van der Waals surface area contributed by atoms with E-state index in [2.05, 4.69) is 56.6 Å². The molecule has 4 aromatic rings. The first-order valence-electron chi connectivity index (χ1n) is 10.8. The van der Waals surface area contributed by atoms with Gasteiger partial charge in [-0.3, -0.25) is 4.79 Å². The SMILES string of the molecule is Cc1ccc(N=C2NC(=O)/C(=C\c3ccc(OCc4ccc5ccccc5c4)c(Br)c3)S2)cc1. The van der Waals surface area contributed by atoms with Gasteiger partial charge in [0.25, 0.3) is 5.91 Å². The van der Waals surface area contributed by atoms with Gasteiger partial charge in [0.05, 0.1) is 15.1 Å². The van der Waals surface area contributed by atoms with Gasteiger partial charge in [-0.1, -0.05) is 60.2 Å². The zero-order valence-electron chi connectivity index (χ0n) is 18.4. The number of nitrogens with one attached hydrogen (secondary N) is 1. The van der Waals surface area contributed by atoms with Gasteiger partial charge in [0.2, 0.25) is 0 Å². The Morgan fingerprint density at radius 1 is 0.971 bits per heavy atom.